The first-order valence-electron chi connectivity index (χ1n) is 9.26. The monoisotopic (exact) mass is 425 g/mol. The molecule has 1 aliphatic carbocycles. The Kier molecular flexibility index (Phi) is 6.33. The van der Waals surface area contributed by atoms with Crippen molar-refractivity contribution in [2.75, 3.05) is 6.61 Å². The van der Waals surface area contributed by atoms with Gasteiger partial charge >= 0.3 is 6.18 Å². The topological polar surface area (TPSA) is 81.2 Å². The molecule has 1 aliphatic rings. The van der Waals surface area contributed by atoms with Crippen molar-refractivity contribution in [2.24, 2.45) is 5.92 Å². The number of nitrogens with one attached hydrogen (secondary N) is 1. The van der Waals surface area contributed by atoms with E-state index in [2.05, 4.69) is 20.0 Å². The van der Waals surface area contributed by atoms with E-state index in [0.29, 0.717) is 11.3 Å². The van der Waals surface area contributed by atoms with Crippen molar-refractivity contribution in [2.45, 2.75) is 38.4 Å². The van der Waals surface area contributed by atoms with Gasteiger partial charge in [-0.2, -0.15) is 13.2 Å². The molecule has 6 nitrogen and oxygen atoms in total. The molecule has 0 aliphatic heterocycles. The minimum absolute atomic E-state index is 0.0211. The summed E-state index contributed by atoms with van der Waals surface area (Å²) < 4.78 is 55.1. The molecule has 0 spiro atoms. The maximum absolute atomic E-state index is 14.1. The third-order valence-electron chi connectivity index (χ3n) is 4.54. The standard InChI is InChI=1S/C20H19F4N3O3/c1-11(13-4-5-18(26-8-13)30-10-20(22,23)24)27-19(29)15-6-14(25-9-16(15)21)7-17(28)12-2-3-12/h4-6,8-9,11-12H,2-3,7,10H2,1H3,(H,27,29). The maximum Gasteiger partial charge on any atom is 0.422 e. The highest BCUT2D eigenvalue weighted by atomic mass is 19.4. The van der Waals surface area contributed by atoms with Crippen LogP contribution in [0.15, 0.2) is 30.6 Å². The number of carbonyl (C=O) groups is 2. The van der Waals surface area contributed by atoms with E-state index in [4.69, 9.17) is 0 Å². The number of carbonyl (C=O) groups excluding carboxylic acids is 2. The molecule has 1 unspecified atom stereocenters. The Bertz CT molecular complexity index is 928. The molecule has 160 valence electrons. The molecule has 0 bridgehead atoms. The van der Waals surface area contributed by atoms with Gasteiger partial charge in [0.15, 0.2) is 12.4 Å². The number of alkyl halides is 3. The van der Waals surface area contributed by atoms with Crippen molar-refractivity contribution in [3.8, 4) is 5.88 Å². The van der Waals surface area contributed by atoms with Crippen molar-refractivity contribution in [3.63, 3.8) is 0 Å². The van der Waals surface area contributed by atoms with Crippen LogP contribution in [0.1, 0.15) is 47.4 Å². The second-order valence-electron chi connectivity index (χ2n) is 7.10. The van der Waals surface area contributed by atoms with Gasteiger partial charge in [-0.15, -0.1) is 0 Å². The highest BCUT2D eigenvalue weighted by Gasteiger charge is 2.30. The smallest absolute Gasteiger partial charge is 0.422 e. The molecule has 2 aromatic rings. The van der Waals surface area contributed by atoms with Gasteiger partial charge in [-0.05, 0) is 31.4 Å². The molecule has 0 aromatic carbocycles. The lowest BCUT2D eigenvalue weighted by atomic mass is 10.1. The van der Waals surface area contributed by atoms with Crippen molar-refractivity contribution in [1.82, 2.24) is 15.3 Å². The summed E-state index contributed by atoms with van der Waals surface area (Å²) in [6.07, 6.45) is -0.566. The Hall–Kier alpha value is -3.04. The molecule has 0 saturated heterocycles. The van der Waals surface area contributed by atoms with Crippen LogP contribution < -0.4 is 10.1 Å². The number of hydrogen-bond acceptors (Lipinski definition) is 5. The van der Waals surface area contributed by atoms with Crippen LogP contribution in [-0.2, 0) is 11.2 Å². The fraction of sp³-hybridized carbons (Fsp3) is 0.400. The average Bonchev–Trinajstić information content (AvgIpc) is 3.53. The van der Waals surface area contributed by atoms with E-state index in [0.717, 1.165) is 19.0 Å². The minimum atomic E-state index is -4.47. The lowest BCUT2D eigenvalue weighted by molar-refractivity contribution is -0.154. The van der Waals surface area contributed by atoms with Crippen LogP contribution in [0.3, 0.4) is 0 Å². The molecule has 0 radical (unpaired) electrons. The summed E-state index contributed by atoms with van der Waals surface area (Å²) >= 11 is 0. The molecule has 2 heterocycles. The number of rotatable bonds is 8. The lowest BCUT2D eigenvalue weighted by Crippen LogP contribution is -2.28. The van der Waals surface area contributed by atoms with E-state index in [1.54, 1.807) is 6.92 Å². The van der Waals surface area contributed by atoms with E-state index in [1.807, 2.05) is 0 Å². The Balaban J connectivity index is 1.62. The first-order chi connectivity index (χ1) is 14.1. The molecular formula is C20H19F4N3O3. The van der Waals surface area contributed by atoms with Crippen LogP contribution in [0, 0.1) is 11.7 Å². The zero-order valence-electron chi connectivity index (χ0n) is 16.0. The van der Waals surface area contributed by atoms with Crippen LogP contribution in [0.2, 0.25) is 0 Å². The number of ether oxygens (including phenoxy) is 1. The number of ketones is 1. The van der Waals surface area contributed by atoms with Gasteiger partial charge in [-0.3, -0.25) is 14.6 Å². The van der Waals surface area contributed by atoms with E-state index in [-0.39, 0.29) is 29.6 Å². The van der Waals surface area contributed by atoms with Gasteiger partial charge < -0.3 is 10.1 Å². The molecule has 1 saturated carbocycles. The molecule has 10 heteroatoms. The summed E-state index contributed by atoms with van der Waals surface area (Å²) in [5, 5.41) is 2.59. The number of Topliss-reactive ketones (excluding diaryl/α,β-unsaturated/α-hetero) is 1. The summed E-state index contributed by atoms with van der Waals surface area (Å²) in [6, 6.07) is 3.35. The SMILES string of the molecule is CC(NC(=O)c1cc(CC(=O)C2CC2)ncc1F)c1ccc(OCC(F)(F)F)nc1. The van der Waals surface area contributed by atoms with Crippen LogP contribution in [0.4, 0.5) is 17.6 Å². The van der Waals surface area contributed by atoms with Gasteiger partial charge in [0, 0.05) is 30.3 Å². The number of halogens is 4. The zero-order chi connectivity index (χ0) is 21.9. The zero-order valence-corrected chi connectivity index (χ0v) is 16.0. The van der Waals surface area contributed by atoms with Crippen molar-refractivity contribution < 1.29 is 31.9 Å². The Morgan fingerprint density at radius 1 is 1.23 bits per heavy atom. The third kappa shape index (κ3) is 5.98. The summed E-state index contributed by atoms with van der Waals surface area (Å²) in [4.78, 5) is 32.0. The van der Waals surface area contributed by atoms with Crippen molar-refractivity contribution in [1.29, 1.82) is 0 Å². The fourth-order valence-corrected chi connectivity index (χ4v) is 2.73. The van der Waals surface area contributed by atoms with Gasteiger partial charge in [0.25, 0.3) is 5.91 Å². The highest BCUT2D eigenvalue weighted by Crippen LogP contribution is 2.30. The lowest BCUT2D eigenvalue weighted by Gasteiger charge is -2.15. The summed E-state index contributed by atoms with van der Waals surface area (Å²) in [7, 11) is 0. The van der Waals surface area contributed by atoms with Crippen LogP contribution in [-0.4, -0.2) is 34.4 Å². The Morgan fingerprint density at radius 3 is 2.57 bits per heavy atom. The predicted octanol–water partition coefficient (Wildman–Crippen LogP) is 3.57. The van der Waals surface area contributed by atoms with E-state index in [1.165, 1.54) is 24.4 Å². The fourth-order valence-electron chi connectivity index (χ4n) is 2.73. The van der Waals surface area contributed by atoms with Crippen LogP contribution in [0.25, 0.3) is 0 Å². The third-order valence-corrected chi connectivity index (χ3v) is 4.54. The first kappa shape index (κ1) is 21.7. The molecule has 3 rings (SSSR count). The summed E-state index contributed by atoms with van der Waals surface area (Å²) in [6.45, 7) is 0.153. The maximum atomic E-state index is 14.1. The van der Waals surface area contributed by atoms with Gasteiger partial charge in [0.05, 0.1) is 17.8 Å². The van der Waals surface area contributed by atoms with Gasteiger partial charge in [-0.1, -0.05) is 6.07 Å². The molecule has 2 aromatic heterocycles. The number of nitrogens with zero attached hydrogens (tertiary/aromatic N) is 2. The second kappa shape index (κ2) is 8.76. The van der Waals surface area contributed by atoms with E-state index >= 15 is 0 Å². The Labute approximate surface area is 169 Å². The van der Waals surface area contributed by atoms with E-state index in [9.17, 15) is 27.2 Å². The quantitative estimate of drug-likeness (QED) is 0.654. The van der Waals surface area contributed by atoms with Crippen LogP contribution >= 0.6 is 0 Å². The number of hydrogen-bond donors (Lipinski definition) is 1. The molecule has 1 atom stereocenters. The molecular weight excluding hydrogens is 406 g/mol. The largest absolute Gasteiger partial charge is 0.468 e. The van der Waals surface area contributed by atoms with E-state index < -0.39 is 30.5 Å². The van der Waals surface area contributed by atoms with Crippen LogP contribution in [0.5, 0.6) is 5.88 Å². The molecule has 1 fully saturated rings. The highest BCUT2D eigenvalue weighted by molar-refractivity contribution is 5.95. The van der Waals surface area contributed by atoms with Crippen molar-refractivity contribution in [3.05, 3.63) is 53.2 Å². The number of pyridine rings is 2. The molecule has 1 amide bonds. The molecule has 30 heavy (non-hydrogen) atoms. The second-order valence-corrected chi connectivity index (χ2v) is 7.10. The molecule has 1 N–H and O–H groups in total. The summed E-state index contributed by atoms with van der Waals surface area (Å²) in [5.74, 6) is -1.69. The normalized spacial score (nSPS) is 14.8. The predicted molar refractivity (Wildman–Crippen MR) is 97.3 cm³/mol. The van der Waals surface area contributed by atoms with Gasteiger partial charge in [0.2, 0.25) is 5.88 Å². The Morgan fingerprint density at radius 2 is 1.97 bits per heavy atom. The average molecular weight is 425 g/mol. The first-order valence-corrected chi connectivity index (χ1v) is 9.26. The van der Waals surface area contributed by atoms with Gasteiger partial charge in [-0.25, -0.2) is 9.37 Å². The number of amides is 1. The summed E-state index contributed by atoms with van der Waals surface area (Å²) in [5.41, 5.74) is 0.564. The van der Waals surface area contributed by atoms with Crippen molar-refractivity contribution >= 4 is 11.7 Å². The van der Waals surface area contributed by atoms with Gasteiger partial charge in [0.1, 0.15) is 5.78 Å². The minimum Gasteiger partial charge on any atom is -0.468 e. The number of aromatic nitrogens is 2.